The molecular formula is C15H30N2. The Bertz CT molecular complexity index is 209. The second-order valence-corrected chi connectivity index (χ2v) is 6.13. The van der Waals surface area contributed by atoms with Crippen molar-refractivity contribution in [3.8, 4) is 0 Å². The van der Waals surface area contributed by atoms with Crippen LogP contribution in [-0.4, -0.2) is 37.1 Å². The Balaban J connectivity index is 1.67. The van der Waals surface area contributed by atoms with Crippen molar-refractivity contribution in [3.05, 3.63) is 0 Å². The van der Waals surface area contributed by atoms with Gasteiger partial charge in [-0.1, -0.05) is 26.7 Å². The molecule has 2 rings (SSSR count). The fraction of sp³-hybridized carbons (Fsp3) is 1.00. The summed E-state index contributed by atoms with van der Waals surface area (Å²) in [6.07, 6.45) is 8.39. The van der Waals surface area contributed by atoms with Gasteiger partial charge in [-0.25, -0.2) is 0 Å². The first-order chi connectivity index (χ1) is 8.31. The Morgan fingerprint density at radius 3 is 2.59 bits per heavy atom. The zero-order valence-electron chi connectivity index (χ0n) is 11.8. The van der Waals surface area contributed by atoms with Crippen LogP contribution in [0, 0.1) is 11.8 Å². The molecular weight excluding hydrogens is 208 g/mol. The molecule has 2 heteroatoms. The van der Waals surface area contributed by atoms with Crippen LogP contribution in [0.5, 0.6) is 0 Å². The normalized spacial score (nSPS) is 26.6. The smallest absolute Gasteiger partial charge is 0.00683 e. The molecule has 2 nitrogen and oxygen atoms in total. The van der Waals surface area contributed by atoms with Gasteiger partial charge in [-0.15, -0.1) is 0 Å². The molecule has 1 aliphatic heterocycles. The van der Waals surface area contributed by atoms with E-state index in [1.807, 2.05) is 0 Å². The van der Waals surface area contributed by atoms with Gasteiger partial charge in [-0.3, -0.25) is 0 Å². The predicted octanol–water partition coefficient (Wildman–Crippen LogP) is 2.89. The average Bonchev–Trinajstić information content (AvgIpc) is 3.18. The fourth-order valence-electron chi connectivity index (χ4n) is 3.02. The Morgan fingerprint density at radius 1 is 1.18 bits per heavy atom. The van der Waals surface area contributed by atoms with Crippen molar-refractivity contribution in [1.29, 1.82) is 0 Å². The lowest BCUT2D eigenvalue weighted by Crippen LogP contribution is -2.42. The maximum atomic E-state index is 3.70. The zero-order valence-corrected chi connectivity index (χ0v) is 11.8. The van der Waals surface area contributed by atoms with Crippen LogP contribution in [0.2, 0.25) is 0 Å². The van der Waals surface area contributed by atoms with Crippen molar-refractivity contribution >= 4 is 0 Å². The van der Waals surface area contributed by atoms with Crippen molar-refractivity contribution in [1.82, 2.24) is 10.2 Å². The van der Waals surface area contributed by atoms with Gasteiger partial charge in [0.2, 0.25) is 0 Å². The molecule has 0 bridgehead atoms. The fourth-order valence-corrected chi connectivity index (χ4v) is 3.02. The van der Waals surface area contributed by atoms with E-state index in [2.05, 4.69) is 24.1 Å². The number of hydrogen-bond donors (Lipinski definition) is 1. The summed E-state index contributed by atoms with van der Waals surface area (Å²) < 4.78 is 0. The molecule has 1 heterocycles. The third-order valence-electron chi connectivity index (χ3n) is 4.55. The number of nitrogens with one attached hydrogen (secondary N) is 1. The largest absolute Gasteiger partial charge is 0.314 e. The second-order valence-electron chi connectivity index (χ2n) is 6.13. The van der Waals surface area contributed by atoms with Gasteiger partial charge in [0.25, 0.3) is 0 Å². The predicted molar refractivity (Wildman–Crippen MR) is 74.3 cm³/mol. The zero-order chi connectivity index (χ0) is 12.1. The Hall–Kier alpha value is -0.0800. The van der Waals surface area contributed by atoms with Gasteiger partial charge < -0.3 is 10.2 Å². The van der Waals surface area contributed by atoms with E-state index >= 15 is 0 Å². The van der Waals surface area contributed by atoms with Crippen LogP contribution in [0.15, 0.2) is 0 Å². The highest BCUT2D eigenvalue weighted by molar-refractivity contribution is 4.83. The topological polar surface area (TPSA) is 15.3 Å². The quantitative estimate of drug-likeness (QED) is 0.733. The van der Waals surface area contributed by atoms with Crippen LogP contribution in [0.1, 0.15) is 52.4 Å². The van der Waals surface area contributed by atoms with Crippen LogP contribution in [0.4, 0.5) is 0 Å². The van der Waals surface area contributed by atoms with Crippen LogP contribution in [-0.2, 0) is 0 Å². The summed E-state index contributed by atoms with van der Waals surface area (Å²) in [6.45, 7) is 9.97. The minimum Gasteiger partial charge on any atom is -0.314 e. The van der Waals surface area contributed by atoms with Gasteiger partial charge in [0.1, 0.15) is 0 Å². The van der Waals surface area contributed by atoms with E-state index in [0.29, 0.717) is 0 Å². The summed E-state index contributed by atoms with van der Waals surface area (Å²) in [5.41, 5.74) is 0. The van der Waals surface area contributed by atoms with E-state index in [1.54, 1.807) is 0 Å². The van der Waals surface area contributed by atoms with Gasteiger partial charge >= 0.3 is 0 Å². The monoisotopic (exact) mass is 238 g/mol. The van der Waals surface area contributed by atoms with Crippen LogP contribution < -0.4 is 5.32 Å². The molecule has 0 aromatic carbocycles. The molecule has 0 aromatic heterocycles. The molecule has 1 N–H and O–H groups in total. The maximum absolute atomic E-state index is 3.70. The lowest BCUT2D eigenvalue weighted by atomic mass is 9.95. The number of rotatable bonds is 7. The Labute approximate surface area is 107 Å². The van der Waals surface area contributed by atoms with E-state index in [0.717, 1.165) is 17.9 Å². The highest BCUT2D eigenvalue weighted by Crippen LogP contribution is 2.22. The standard InChI is InChI=1S/C15H30N2/c1-3-13(4-2)11-17-9-5-6-14(12-17)10-16-15-7-8-15/h13-16H,3-12H2,1-2H3. The highest BCUT2D eigenvalue weighted by atomic mass is 15.1. The van der Waals surface area contributed by atoms with Crippen LogP contribution in [0.25, 0.3) is 0 Å². The van der Waals surface area contributed by atoms with Gasteiger partial charge in [0, 0.05) is 19.1 Å². The van der Waals surface area contributed by atoms with E-state index in [4.69, 9.17) is 0 Å². The molecule has 1 unspecified atom stereocenters. The molecule has 1 saturated carbocycles. The Morgan fingerprint density at radius 2 is 1.94 bits per heavy atom. The first-order valence-corrected chi connectivity index (χ1v) is 7.77. The van der Waals surface area contributed by atoms with Crippen LogP contribution in [0.3, 0.4) is 0 Å². The minimum atomic E-state index is 0.879. The number of hydrogen-bond acceptors (Lipinski definition) is 2. The first kappa shape index (κ1) is 13.4. The molecule has 0 radical (unpaired) electrons. The second kappa shape index (κ2) is 6.75. The molecule has 0 aromatic rings. The van der Waals surface area contributed by atoms with Crippen molar-refractivity contribution < 1.29 is 0 Å². The van der Waals surface area contributed by atoms with E-state index in [9.17, 15) is 0 Å². The van der Waals surface area contributed by atoms with Crippen molar-refractivity contribution in [2.45, 2.75) is 58.4 Å². The van der Waals surface area contributed by atoms with Gasteiger partial charge in [-0.2, -0.15) is 0 Å². The third kappa shape index (κ3) is 4.59. The molecule has 2 fully saturated rings. The van der Waals surface area contributed by atoms with Crippen LogP contribution >= 0.6 is 0 Å². The molecule has 1 aliphatic carbocycles. The van der Waals surface area contributed by atoms with Crippen molar-refractivity contribution in [2.75, 3.05) is 26.2 Å². The summed E-state index contributed by atoms with van der Waals surface area (Å²) in [4.78, 5) is 2.72. The lowest BCUT2D eigenvalue weighted by molar-refractivity contribution is 0.146. The van der Waals surface area contributed by atoms with E-state index in [-0.39, 0.29) is 0 Å². The summed E-state index contributed by atoms with van der Waals surface area (Å²) in [6, 6.07) is 0.879. The summed E-state index contributed by atoms with van der Waals surface area (Å²) in [5, 5.41) is 3.70. The number of piperidine rings is 1. The molecule has 2 aliphatic rings. The molecule has 17 heavy (non-hydrogen) atoms. The highest BCUT2D eigenvalue weighted by Gasteiger charge is 2.25. The van der Waals surface area contributed by atoms with E-state index < -0.39 is 0 Å². The van der Waals surface area contributed by atoms with Gasteiger partial charge in [0.15, 0.2) is 0 Å². The van der Waals surface area contributed by atoms with Crippen molar-refractivity contribution in [2.24, 2.45) is 11.8 Å². The summed E-state index contributed by atoms with van der Waals surface area (Å²) in [7, 11) is 0. The summed E-state index contributed by atoms with van der Waals surface area (Å²) >= 11 is 0. The number of likely N-dealkylation sites (tertiary alicyclic amines) is 1. The first-order valence-electron chi connectivity index (χ1n) is 7.77. The summed E-state index contributed by atoms with van der Waals surface area (Å²) in [5.74, 6) is 1.84. The molecule has 1 atom stereocenters. The van der Waals surface area contributed by atoms with Crippen molar-refractivity contribution in [3.63, 3.8) is 0 Å². The number of nitrogens with zero attached hydrogens (tertiary/aromatic N) is 1. The maximum Gasteiger partial charge on any atom is 0.00683 e. The molecule has 1 saturated heterocycles. The Kier molecular flexibility index (Phi) is 5.30. The molecule has 100 valence electrons. The lowest BCUT2D eigenvalue weighted by Gasteiger charge is -2.35. The SMILES string of the molecule is CCC(CC)CN1CCCC(CNC2CC2)C1. The third-order valence-corrected chi connectivity index (χ3v) is 4.55. The van der Waals surface area contributed by atoms with Gasteiger partial charge in [0.05, 0.1) is 0 Å². The minimum absolute atomic E-state index is 0.879. The van der Waals surface area contributed by atoms with E-state index in [1.165, 1.54) is 64.7 Å². The van der Waals surface area contributed by atoms with Gasteiger partial charge in [-0.05, 0) is 50.6 Å². The average molecular weight is 238 g/mol. The molecule has 0 amide bonds. The molecule has 0 spiro atoms.